The molecule has 7 heteroatoms. The van der Waals surface area contributed by atoms with Crippen LogP contribution in [0.15, 0.2) is 12.1 Å². The van der Waals surface area contributed by atoms with Gasteiger partial charge in [0.1, 0.15) is 6.04 Å². The number of amides is 2. The molecule has 0 aliphatic carbocycles. The lowest BCUT2D eigenvalue weighted by atomic mass is 10.1. The van der Waals surface area contributed by atoms with Crippen molar-refractivity contribution in [3.8, 4) is 17.2 Å². The summed E-state index contributed by atoms with van der Waals surface area (Å²) >= 11 is 0. The first-order valence-corrected chi connectivity index (χ1v) is 8.75. The summed E-state index contributed by atoms with van der Waals surface area (Å²) in [6.07, 6.45) is 1.47. The molecule has 1 atom stereocenters. The molecule has 0 radical (unpaired) electrons. The van der Waals surface area contributed by atoms with Gasteiger partial charge in [-0.2, -0.15) is 0 Å². The number of hydrogen-bond donors (Lipinski definition) is 2. The zero-order valence-electron chi connectivity index (χ0n) is 15.0. The van der Waals surface area contributed by atoms with Gasteiger partial charge in [0.05, 0.1) is 19.8 Å². The third kappa shape index (κ3) is 4.78. The van der Waals surface area contributed by atoms with E-state index in [0.29, 0.717) is 55.6 Å². The van der Waals surface area contributed by atoms with Gasteiger partial charge in [0.25, 0.3) is 5.91 Å². The maximum atomic E-state index is 12.6. The molecule has 25 heavy (non-hydrogen) atoms. The van der Waals surface area contributed by atoms with E-state index in [2.05, 4.69) is 10.6 Å². The van der Waals surface area contributed by atoms with Crippen LogP contribution in [0.3, 0.4) is 0 Å². The average molecular weight is 350 g/mol. The first-order chi connectivity index (χ1) is 12.1. The fraction of sp³-hybridized carbons (Fsp3) is 0.556. The molecule has 1 aromatic carbocycles. The van der Waals surface area contributed by atoms with Crippen molar-refractivity contribution in [2.24, 2.45) is 0 Å². The molecule has 2 N–H and O–H groups in total. The van der Waals surface area contributed by atoms with Gasteiger partial charge in [-0.1, -0.05) is 0 Å². The van der Waals surface area contributed by atoms with E-state index in [9.17, 15) is 9.59 Å². The van der Waals surface area contributed by atoms with E-state index in [0.717, 1.165) is 6.42 Å². The number of carbonyl (C=O) groups is 2. The quantitative estimate of drug-likeness (QED) is 0.748. The Hall–Kier alpha value is -2.44. The molecule has 1 aromatic rings. The highest BCUT2D eigenvalue weighted by Gasteiger charge is 2.25. The fourth-order valence-electron chi connectivity index (χ4n) is 2.67. The zero-order valence-corrected chi connectivity index (χ0v) is 15.0. The highest BCUT2D eigenvalue weighted by molar-refractivity contribution is 5.98. The fourth-order valence-corrected chi connectivity index (χ4v) is 2.67. The Kier molecular flexibility index (Phi) is 6.91. The van der Waals surface area contributed by atoms with Gasteiger partial charge < -0.3 is 24.8 Å². The summed E-state index contributed by atoms with van der Waals surface area (Å²) in [5, 5.41) is 5.53. The van der Waals surface area contributed by atoms with Gasteiger partial charge in [0, 0.05) is 12.1 Å². The molecule has 0 aromatic heterocycles. The molecule has 2 amide bonds. The van der Waals surface area contributed by atoms with Gasteiger partial charge in [-0.3, -0.25) is 9.59 Å². The lowest BCUT2D eigenvalue weighted by Crippen LogP contribution is -2.50. The molecule has 1 heterocycles. The number of rotatable bonds is 8. The van der Waals surface area contributed by atoms with E-state index < -0.39 is 6.04 Å². The minimum absolute atomic E-state index is 0.152. The number of ether oxygens (including phenoxy) is 3. The van der Waals surface area contributed by atoms with Crippen molar-refractivity contribution in [1.29, 1.82) is 0 Å². The van der Waals surface area contributed by atoms with Gasteiger partial charge in [-0.15, -0.1) is 0 Å². The van der Waals surface area contributed by atoms with E-state index in [1.54, 1.807) is 12.1 Å². The maximum Gasteiger partial charge on any atom is 0.252 e. The van der Waals surface area contributed by atoms with Crippen LogP contribution in [-0.2, 0) is 4.79 Å². The lowest BCUT2D eigenvalue weighted by molar-refractivity contribution is -0.124. The van der Waals surface area contributed by atoms with E-state index in [1.807, 2.05) is 20.8 Å². The van der Waals surface area contributed by atoms with Crippen molar-refractivity contribution in [2.45, 2.75) is 39.7 Å². The van der Waals surface area contributed by atoms with Gasteiger partial charge in [0.2, 0.25) is 11.7 Å². The Morgan fingerprint density at radius 1 is 1.12 bits per heavy atom. The summed E-state index contributed by atoms with van der Waals surface area (Å²) in [6, 6.07) is 2.72. The topological polar surface area (TPSA) is 85.9 Å². The molecule has 0 saturated carbocycles. The van der Waals surface area contributed by atoms with Gasteiger partial charge in [-0.05, 0) is 45.7 Å². The van der Waals surface area contributed by atoms with Gasteiger partial charge >= 0.3 is 0 Å². The van der Waals surface area contributed by atoms with E-state index in [1.165, 1.54) is 0 Å². The van der Waals surface area contributed by atoms with Crippen LogP contribution in [0, 0.1) is 0 Å². The standard InChI is InChI=1S/C18H26N2O5/c1-4-23-14-10-12(11-15(24-5-2)16(14)25-6-3)17(21)20-13-8-7-9-19-18(13)22/h10-11,13H,4-9H2,1-3H3,(H,19,22)(H,20,21)/t13-/m0/s1. The Morgan fingerprint density at radius 2 is 1.72 bits per heavy atom. The van der Waals surface area contributed by atoms with Crippen LogP contribution in [-0.4, -0.2) is 44.2 Å². The zero-order chi connectivity index (χ0) is 18.2. The lowest BCUT2D eigenvalue weighted by Gasteiger charge is -2.23. The molecule has 1 fully saturated rings. The predicted molar refractivity (Wildman–Crippen MR) is 93.4 cm³/mol. The molecule has 138 valence electrons. The third-order valence-electron chi connectivity index (χ3n) is 3.76. The van der Waals surface area contributed by atoms with Crippen LogP contribution < -0.4 is 24.8 Å². The first kappa shape index (κ1) is 18.9. The maximum absolute atomic E-state index is 12.6. The molecule has 7 nitrogen and oxygen atoms in total. The third-order valence-corrected chi connectivity index (χ3v) is 3.76. The van der Waals surface area contributed by atoms with Crippen molar-refractivity contribution in [2.75, 3.05) is 26.4 Å². The minimum atomic E-state index is -0.515. The van der Waals surface area contributed by atoms with Crippen molar-refractivity contribution < 1.29 is 23.8 Å². The summed E-state index contributed by atoms with van der Waals surface area (Å²) < 4.78 is 16.9. The molecule has 0 unspecified atom stereocenters. The van der Waals surface area contributed by atoms with Crippen molar-refractivity contribution in [3.63, 3.8) is 0 Å². The second-order valence-corrected chi connectivity index (χ2v) is 5.56. The number of nitrogens with one attached hydrogen (secondary N) is 2. The van der Waals surface area contributed by atoms with Crippen LogP contribution in [0.2, 0.25) is 0 Å². The van der Waals surface area contributed by atoms with Gasteiger partial charge in [0.15, 0.2) is 11.5 Å². The largest absolute Gasteiger partial charge is 0.490 e. The minimum Gasteiger partial charge on any atom is -0.490 e. The Bertz CT molecular complexity index is 590. The molecule has 0 spiro atoms. The van der Waals surface area contributed by atoms with E-state index in [-0.39, 0.29) is 11.8 Å². The van der Waals surface area contributed by atoms with E-state index in [4.69, 9.17) is 14.2 Å². The van der Waals surface area contributed by atoms with Crippen LogP contribution in [0.4, 0.5) is 0 Å². The molecular formula is C18H26N2O5. The Labute approximate surface area is 148 Å². The number of piperidine rings is 1. The van der Waals surface area contributed by atoms with Crippen LogP contribution >= 0.6 is 0 Å². The predicted octanol–water partition coefficient (Wildman–Crippen LogP) is 1.89. The Morgan fingerprint density at radius 3 is 2.24 bits per heavy atom. The van der Waals surface area contributed by atoms with Crippen LogP contribution in [0.5, 0.6) is 17.2 Å². The summed E-state index contributed by atoms with van der Waals surface area (Å²) in [5.41, 5.74) is 0.369. The second kappa shape index (κ2) is 9.15. The summed E-state index contributed by atoms with van der Waals surface area (Å²) in [4.78, 5) is 24.4. The number of hydrogen-bond acceptors (Lipinski definition) is 5. The van der Waals surface area contributed by atoms with Crippen LogP contribution in [0.1, 0.15) is 44.0 Å². The highest BCUT2D eigenvalue weighted by Crippen LogP contribution is 2.39. The van der Waals surface area contributed by atoms with Crippen molar-refractivity contribution >= 4 is 11.8 Å². The van der Waals surface area contributed by atoms with E-state index >= 15 is 0 Å². The number of carbonyl (C=O) groups excluding carboxylic acids is 2. The smallest absolute Gasteiger partial charge is 0.252 e. The normalized spacial score (nSPS) is 16.8. The molecule has 1 aliphatic rings. The summed E-state index contributed by atoms with van der Waals surface area (Å²) in [6.45, 7) is 7.55. The highest BCUT2D eigenvalue weighted by atomic mass is 16.5. The van der Waals surface area contributed by atoms with Gasteiger partial charge in [-0.25, -0.2) is 0 Å². The van der Waals surface area contributed by atoms with Crippen molar-refractivity contribution in [3.05, 3.63) is 17.7 Å². The molecular weight excluding hydrogens is 324 g/mol. The second-order valence-electron chi connectivity index (χ2n) is 5.56. The van der Waals surface area contributed by atoms with Crippen molar-refractivity contribution in [1.82, 2.24) is 10.6 Å². The monoisotopic (exact) mass is 350 g/mol. The average Bonchev–Trinajstić information content (AvgIpc) is 2.60. The van der Waals surface area contributed by atoms with Crippen LogP contribution in [0.25, 0.3) is 0 Å². The molecule has 0 bridgehead atoms. The summed E-state index contributed by atoms with van der Waals surface area (Å²) in [7, 11) is 0. The molecule has 1 aliphatic heterocycles. The summed E-state index contributed by atoms with van der Waals surface area (Å²) in [5.74, 6) is 0.896. The Balaban J connectivity index is 2.28. The molecule has 1 saturated heterocycles. The number of benzene rings is 1. The SMILES string of the molecule is CCOc1cc(C(=O)N[C@H]2CCCNC2=O)cc(OCC)c1OCC. The first-order valence-electron chi connectivity index (χ1n) is 8.75. The molecule has 2 rings (SSSR count).